The number of phosphoric ester groups is 2. The molecule has 5 unspecified atom stereocenters. The quantitative estimate of drug-likeness (QED) is 0.0146. The van der Waals surface area contributed by atoms with E-state index >= 15 is 0 Å². The lowest BCUT2D eigenvalue weighted by Crippen LogP contribution is -2.30. The highest BCUT2D eigenvalue weighted by Gasteiger charge is 2.29. The van der Waals surface area contributed by atoms with Gasteiger partial charge in [-0.05, 0) is 141 Å². The van der Waals surface area contributed by atoms with Gasteiger partial charge in [0.15, 0.2) is 6.10 Å². The zero-order valence-electron chi connectivity index (χ0n) is 62.8. The molecule has 5 atom stereocenters. The maximum Gasteiger partial charge on any atom is 0.472 e. The minimum absolute atomic E-state index is 0.0834. The van der Waals surface area contributed by atoms with E-state index in [-0.39, 0.29) is 19.3 Å². The van der Waals surface area contributed by atoms with Gasteiger partial charge in [0.1, 0.15) is 25.4 Å². The zero-order chi connectivity index (χ0) is 73.7. The Morgan fingerprint density at radius 2 is 0.495 bits per heavy atom. The standard InChI is InChI=1S/C83H138O16P2/c1-4-7-10-13-16-19-22-25-28-31-32-33-34-35-36-37-38-39-40-41-42-43-44-47-49-51-54-57-60-63-66-69-81(86)93-72-78(84)73-95-100(89,90)96-74-79(85)75-97-101(91,92)98-77-80(99-83(88)71-68-65-62-59-56-53-50-46-30-27-24-21-18-15-12-9-6-3)76-94-82(87)70-67-64-61-58-55-52-48-45-29-26-23-20-17-14-11-8-5-2/h7-12,16-21,25-30,32-33,35-36,38-39,48,52,78-80,84-85H,4-6,13-15,22-24,31,34,37,40-47,49-51,53-77H2,1-3H3,(H,89,90)(H,91,92)/b10-7-,11-8-,12-9-,19-16-,20-17-,21-18-,28-25-,29-26-,30-27-,33-32-,36-35-,39-38-,52-48-. The van der Waals surface area contributed by atoms with E-state index in [0.29, 0.717) is 19.3 Å². The first kappa shape index (κ1) is 96.2. The van der Waals surface area contributed by atoms with E-state index in [4.69, 9.17) is 32.3 Å². The molecular formula is C83H138O16P2. The van der Waals surface area contributed by atoms with Crippen LogP contribution in [0.25, 0.3) is 0 Å². The minimum Gasteiger partial charge on any atom is -0.463 e. The number of aliphatic hydroxyl groups is 2. The summed E-state index contributed by atoms with van der Waals surface area (Å²) in [5.74, 6) is -1.62. The molecule has 0 saturated heterocycles. The first-order valence-corrected chi connectivity index (χ1v) is 41.8. The summed E-state index contributed by atoms with van der Waals surface area (Å²) in [6.45, 7) is 2.29. The molecule has 101 heavy (non-hydrogen) atoms. The highest BCUT2D eigenvalue weighted by Crippen LogP contribution is 2.45. The topological polar surface area (TPSA) is 231 Å². The van der Waals surface area contributed by atoms with Crippen molar-refractivity contribution < 1.29 is 75.8 Å². The third-order valence-corrected chi connectivity index (χ3v) is 17.6. The summed E-state index contributed by atoms with van der Waals surface area (Å²) in [5, 5.41) is 20.6. The second kappa shape index (κ2) is 74.9. The number of phosphoric acid groups is 2. The van der Waals surface area contributed by atoms with Crippen molar-refractivity contribution in [1.82, 2.24) is 0 Å². The molecule has 16 nitrogen and oxygen atoms in total. The monoisotopic (exact) mass is 1450 g/mol. The number of allylic oxidation sites excluding steroid dienone is 26. The smallest absolute Gasteiger partial charge is 0.463 e. The second-order valence-corrected chi connectivity index (χ2v) is 28.3. The first-order chi connectivity index (χ1) is 49.2. The Kier molecular flexibility index (Phi) is 71.3. The van der Waals surface area contributed by atoms with E-state index < -0.39 is 91.5 Å². The number of aliphatic hydroxyl groups excluding tert-OH is 2. The van der Waals surface area contributed by atoms with Gasteiger partial charge in [0, 0.05) is 19.3 Å². The molecule has 4 N–H and O–H groups in total. The number of hydrogen-bond acceptors (Lipinski definition) is 14. The van der Waals surface area contributed by atoms with Crippen LogP contribution in [0.15, 0.2) is 158 Å². The molecule has 0 spiro atoms. The molecule has 0 saturated carbocycles. The number of ether oxygens (including phenoxy) is 3. The molecule has 0 aromatic heterocycles. The largest absolute Gasteiger partial charge is 0.472 e. The van der Waals surface area contributed by atoms with Gasteiger partial charge in [-0.2, -0.15) is 0 Å². The van der Waals surface area contributed by atoms with Crippen LogP contribution >= 0.6 is 15.6 Å². The molecule has 0 fully saturated rings. The number of esters is 3. The van der Waals surface area contributed by atoms with Gasteiger partial charge in [0.2, 0.25) is 0 Å². The van der Waals surface area contributed by atoms with E-state index in [9.17, 15) is 43.5 Å². The van der Waals surface area contributed by atoms with Crippen LogP contribution in [0.4, 0.5) is 0 Å². The summed E-state index contributed by atoms with van der Waals surface area (Å²) in [5.41, 5.74) is 0. The van der Waals surface area contributed by atoms with Crippen molar-refractivity contribution in [3.05, 3.63) is 158 Å². The van der Waals surface area contributed by atoms with E-state index in [1.807, 2.05) is 0 Å². The summed E-state index contributed by atoms with van der Waals surface area (Å²) < 4.78 is 61.1. The Labute approximate surface area is 612 Å². The van der Waals surface area contributed by atoms with Crippen molar-refractivity contribution >= 4 is 33.6 Å². The molecule has 0 aliphatic rings. The van der Waals surface area contributed by atoms with Gasteiger partial charge in [0.05, 0.1) is 26.4 Å². The summed E-state index contributed by atoms with van der Waals surface area (Å²) in [6.07, 6.45) is 92.9. The van der Waals surface area contributed by atoms with Crippen LogP contribution in [0.5, 0.6) is 0 Å². The average molecular weight is 1450 g/mol. The summed E-state index contributed by atoms with van der Waals surface area (Å²) in [6, 6.07) is 0. The maximum atomic E-state index is 13.0. The van der Waals surface area contributed by atoms with Crippen LogP contribution in [-0.4, -0.2) is 95.9 Å². The highest BCUT2D eigenvalue weighted by atomic mass is 31.2. The zero-order valence-corrected chi connectivity index (χ0v) is 64.6. The van der Waals surface area contributed by atoms with E-state index in [1.54, 1.807) is 0 Å². The van der Waals surface area contributed by atoms with Crippen molar-refractivity contribution in [3.8, 4) is 0 Å². The van der Waals surface area contributed by atoms with Gasteiger partial charge in [0.25, 0.3) is 0 Å². The van der Waals surface area contributed by atoms with Crippen molar-refractivity contribution in [3.63, 3.8) is 0 Å². The third-order valence-electron chi connectivity index (χ3n) is 15.7. The van der Waals surface area contributed by atoms with Crippen molar-refractivity contribution in [2.75, 3.05) is 39.6 Å². The van der Waals surface area contributed by atoms with Crippen molar-refractivity contribution in [2.45, 2.75) is 309 Å². The van der Waals surface area contributed by atoms with Gasteiger partial charge < -0.3 is 34.2 Å². The molecule has 576 valence electrons. The van der Waals surface area contributed by atoms with Gasteiger partial charge in [-0.3, -0.25) is 32.5 Å². The predicted molar refractivity (Wildman–Crippen MR) is 417 cm³/mol. The molecule has 18 heteroatoms. The van der Waals surface area contributed by atoms with Crippen LogP contribution in [0, 0.1) is 0 Å². The normalized spacial score (nSPS) is 14.9. The summed E-state index contributed by atoms with van der Waals surface area (Å²) in [4.78, 5) is 58.6. The van der Waals surface area contributed by atoms with Crippen molar-refractivity contribution in [1.29, 1.82) is 0 Å². The molecule has 0 bridgehead atoms. The lowest BCUT2D eigenvalue weighted by atomic mass is 10.0. The Morgan fingerprint density at radius 3 is 0.782 bits per heavy atom. The Morgan fingerprint density at radius 1 is 0.277 bits per heavy atom. The second-order valence-electron chi connectivity index (χ2n) is 25.4. The van der Waals surface area contributed by atoms with Gasteiger partial charge in [-0.1, -0.05) is 288 Å². The third kappa shape index (κ3) is 76.1. The lowest BCUT2D eigenvalue weighted by molar-refractivity contribution is -0.161. The fraction of sp³-hybridized carbons (Fsp3) is 0.651. The predicted octanol–water partition coefficient (Wildman–Crippen LogP) is 22.6. The van der Waals surface area contributed by atoms with Gasteiger partial charge >= 0.3 is 33.6 Å². The number of carbonyl (C=O) groups is 3. The Balaban J connectivity index is 4.53. The molecule has 0 aromatic carbocycles. The van der Waals surface area contributed by atoms with Crippen LogP contribution in [0.1, 0.15) is 290 Å². The molecule has 0 aliphatic carbocycles. The van der Waals surface area contributed by atoms with Crippen LogP contribution in [0.3, 0.4) is 0 Å². The fourth-order valence-corrected chi connectivity index (χ4v) is 11.5. The van der Waals surface area contributed by atoms with Gasteiger partial charge in [-0.25, -0.2) is 9.13 Å². The average Bonchev–Trinajstić information content (AvgIpc) is 1.15. The summed E-state index contributed by atoms with van der Waals surface area (Å²) >= 11 is 0. The molecular weight excluding hydrogens is 1310 g/mol. The van der Waals surface area contributed by atoms with Crippen LogP contribution in [-0.2, 0) is 55.8 Å². The minimum atomic E-state index is -4.94. The Hall–Kier alpha value is -4.83. The Bertz CT molecular complexity index is 2470. The lowest BCUT2D eigenvalue weighted by Gasteiger charge is -2.21. The number of unbranched alkanes of at least 4 members (excludes halogenated alkanes) is 23. The molecule has 0 heterocycles. The molecule has 0 aliphatic heterocycles. The number of hydrogen-bond donors (Lipinski definition) is 4. The highest BCUT2D eigenvalue weighted by molar-refractivity contribution is 7.47. The maximum absolute atomic E-state index is 13.0. The molecule has 0 aromatic rings. The van der Waals surface area contributed by atoms with E-state index in [2.05, 4.69) is 179 Å². The molecule has 0 radical (unpaired) electrons. The number of rotatable bonds is 72. The van der Waals surface area contributed by atoms with Gasteiger partial charge in [-0.15, -0.1) is 0 Å². The van der Waals surface area contributed by atoms with Crippen LogP contribution < -0.4 is 0 Å². The first-order valence-electron chi connectivity index (χ1n) is 38.8. The molecule has 0 amide bonds. The molecule has 0 rings (SSSR count). The van der Waals surface area contributed by atoms with E-state index in [0.717, 1.165) is 180 Å². The number of carbonyl (C=O) groups excluding carboxylic acids is 3. The fourth-order valence-electron chi connectivity index (χ4n) is 9.93. The van der Waals surface area contributed by atoms with Crippen molar-refractivity contribution in [2.24, 2.45) is 0 Å². The summed E-state index contributed by atoms with van der Waals surface area (Å²) in [7, 11) is -9.81. The SMILES string of the molecule is CC/C=C\C/C=C\C/C=C\C/C=C\C/C=C\C/C=C\CCCCCCCCCCCCCCC(=O)OCC(O)COP(=O)(O)OCC(O)COP(=O)(O)OCC(COC(=O)CCCCCC/C=C\C/C=C\C/C=C\C/C=C\CC)OC(=O)CCCCCCCCC/C=C\C/C=C\C/C=C\CC. The van der Waals surface area contributed by atoms with E-state index in [1.165, 1.54) is 51.4 Å². The van der Waals surface area contributed by atoms with Crippen LogP contribution in [0.2, 0.25) is 0 Å².